The summed E-state index contributed by atoms with van der Waals surface area (Å²) in [4.78, 5) is 47.1. The lowest BCUT2D eigenvalue weighted by Gasteiger charge is -2.21. The number of hydrogen-bond acceptors (Lipinski definition) is 10. The Kier molecular flexibility index (Phi) is 15.6. The molecule has 16 heteroatoms. The summed E-state index contributed by atoms with van der Waals surface area (Å²) in [5.41, 5.74) is 4.00. The number of nitrogens with zero attached hydrogens (tertiary/aromatic N) is 5. The summed E-state index contributed by atoms with van der Waals surface area (Å²) in [6.45, 7) is 10.6. The second kappa shape index (κ2) is 20.1. The lowest BCUT2D eigenvalue weighted by Crippen LogP contribution is -2.40. The summed E-state index contributed by atoms with van der Waals surface area (Å²) >= 11 is 16.4. The van der Waals surface area contributed by atoms with Gasteiger partial charge in [-0.1, -0.05) is 80.9 Å². The fourth-order valence-corrected chi connectivity index (χ4v) is 5.87. The first-order valence-corrected chi connectivity index (χ1v) is 18.7. The van der Waals surface area contributed by atoms with Crippen molar-refractivity contribution in [2.75, 3.05) is 13.7 Å². The number of fused-ring (bicyclic) bond motifs is 1. The zero-order chi connectivity index (χ0) is 39.4. The van der Waals surface area contributed by atoms with Gasteiger partial charge in [-0.2, -0.15) is 0 Å². The highest BCUT2D eigenvalue weighted by Crippen LogP contribution is 2.31. The highest BCUT2D eigenvalue weighted by molar-refractivity contribution is 6.43. The van der Waals surface area contributed by atoms with Crippen LogP contribution >= 0.6 is 34.8 Å². The third kappa shape index (κ3) is 11.2. The fourth-order valence-electron chi connectivity index (χ4n) is 5.35. The summed E-state index contributed by atoms with van der Waals surface area (Å²) in [5, 5.41) is 10.9. The van der Waals surface area contributed by atoms with Crippen LogP contribution in [-0.2, 0) is 16.0 Å². The van der Waals surface area contributed by atoms with Crippen molar-refractivity contribution >= 4 is 58.6 Å². The van der Waals surface area contributed by atoms with Gasteiger partial charge >= 0.3 is 5.97 Å². The lowest BCUT2D eigenvalue weighted by atomic mass is 10.1. The van der Waals surface area contributed by atoms with Gasteiger partial charge in [-0.15, -0.1) is 9.73 Å². The van der Waals surface area contributed by atoms with Crippen molar-refractivity contribution in [1.29, 1.82) is 0 Å². The van der Waals surface area contributed by atoms with Crippen LogP contribution in [0.3, 0.4) is 0 Å². The van der Waals surface area contributed by atoms with Crippen molar-refractivity contribution in [3.63, 3.8) is 0 Å². The van der Waals surface area contributed by atoms with Gasteiger partial charge in [0.2, 0.25) is 10.9 Å². The number of H-pyrrole nitrogens is 1. The van der Waals surface area contributed by atoms with Gasteiger partial charge in [0.1, 0.15) is 22.2 Å². The Balaban J connectivity index is 0.000000506. The van der Waals surface area contributed by atoms with E-state index in [1.54, 1.807) is 28.9 Å². The van der Waals surface area contributed by atoms with E-state index >= 15 is 0 Å². The van der Waals surface area contributed by atoms with Crippen LogP contribution in [0.2, 0.25) is 15.5 Å². The molecule has 1 amide bonds. The third-order valence-electron chi connectivity index (χ3n) is 8.35. The van der Waals surface area contributed by atoms with E-state index in [0.717, 1.165) is 48.3 Å². The molecule has 2 atom stereocenters. The predicted octanol–water partition coefficient (Wildman–Crippen LogP) is 8.70. The van der Waals surface area contributed by atoms with Crippen molar-refractivity contribution in [2.24, 2.45) is 0 Å². The average Bonchev–Trinajstić information content (AvgIpc) is 3.73. The zero-order valence-corrected chi connectivity index (χ0v) is 33.3. The Hall–Kier alpha value is -4.72. The van der Waals surface area contributed by atoms with E-state index in [1.807, 2.05) is 39.8 Å². The van der Waals surface area contributed by atoms with E-state index in [2.05, 4.69) is 38.5 Å². The van der Waals surface area contributed by atoms with E-state index in [4.69, 9.17) is 54.0 Å². The molecule has 0 bridgehead atoms. The normalized spacial score (nSPS) is 12.0. The fraction of sp³-hybridized carbons (Fsp3) is 0.395. The van der Waals surface area contributed by atoms with E-state index in [-0.39, 0.29) is 33.0 Å². The number of nitrogens with one attached hydrogen (secondary N) is 2. The van der Waals surface area contributed by atoms with Gasteiger partial charge in [-0.3, -0.25) is 14.7 Å². The molecule has 0 saturated carbocycles. The minimum absolute atomic E-state index is 0.00309. The van der Waals surface area contributed by atoms with Gasteiger partial charge in [0.25, 0.3) is 5.91 Å². The zero-order valence-electron chi connectivity index (χ0n) is 31.0. The molecule has 5 aromatic rings. The van der Waals surface area contributed by atoms with Gasteiger partial charge in [0.15, 0.2) is 29.1 Å². The number of aromatic nitrogens is 6. The molecule has 0 aliphatic carbocycles. The van der Waals surface area contributed by atoms with Crippen LogP contribution in [0.15, 0.2) is 42.5 Å². The minimum atomic E-state index is -0.576. The second-order valence-electron chi connectivity index (χ2n) is 12.6. The van der Waals surface area contributed by atoms with Gasteiger partial charge in [0, 0.05) is 12.5 Å². The maximum Gasteiger partial charge on any atom is 0.337 e. The number of amides is 1. The number of carbonyl (C=O) groups is 3. The van der Waals surface area contributed by atoms with Crippen molar-refractivity contribution in [2.45, 2.75) is 85.2 Å². The highest BCUT2D eigenvalue weighted by Gasteiger charge is 2.24. The Bertz CT molecular complexity index is 2050. The molecular weight excluding hydrogens is 757 g/mol. The number of aldehydes is 1. The van der Waals surface area contributed by atoms with Crippen LogP contribution in [0.5, 0.6) is 17.2 Å². The molecule has 54 heavy (non-hydrogen) atoms. The molecule has 2 N–H and O–H groups in total. The Morgan fingerprint density at radius 2 is 1.74 bits per heavy atom. The number of aryl methyl sites for hydroxylation is 3. The van der Waals surface area contributed by atoms with Crippen molar-refractivity contribution < 1.29 is 28.6 Å². The second-order valence-corrected chi connectivity index (χ2v) is 13.6. The van der Waals surface area contributed by atoms with E-state index in [1.165, 1.54) is 7.11 Å². The van der Waals surface area contributed by atoms with Crippen LogP contribution < -0.4 is 14.8 Å². The van der Waals surface area contributed by atoms with Gasteiger partial charge < -0.3 is 19.5 Å². The molecule has 0 spiro atoms. The van der Waals surface area contributed by atoms with Crippen LogP contribution in [0.4, 0.5) is 0 Å². The molecule has 2 aromatic carbocycles. The maximum atomic E-state index is 13.3. The molecular formula is C38H44Cl3N7O6. The number of hydrogen-bond donors (Lipinski definition) is 2. The molecule has 0 aliphatic rings. The summed E-state index contributed by atoms with van der Waals surface area (Å²) < 4.78 is 18.8. The van der Waals surface area contributed by atoms with Gasteiger partial charge in [0.05, 0.1) is 18.4 Å². The van der Waals surface area contributed by atoms with E-state index in [0.29, 0.717) is 54.2 Å². The maximum absolute atomic E-state index is 13.3. The number of rotatable bonds is 16. The lowest BCUT2D eigenvalue weighted by molar-refractivity contribution is -0.128. The number of unbranched alkanes of at least 4 members (excludes halogenated alkanes) is 3. The largest absolute Gasteiger partial charge is 0.480 e. The number of benzene rings is 2. The van der Waals surface area contributed by atoms with E-state index < -0.39 is 12.1 Å². The molecule has 3 heterocycles. The molecule has 288 valence electrons. The quantitative estimate of drug-likeness (QED) is 0.0325. The number of esters is 1. The molecule has 2 unspecified atom stereocenters. The first-order valence-electron chi connectivity index (χ1n) is 17.6. The Labute approximate surface area is 329 Å². The molecule has 0 radical (unpaired) electrons. The Morgan fingerprint density at radius 3 is 2.39 bits per heavy atom. The van der Waals surface area contributed by atoms with Crippen molar-refractivity contribution in [3.05, 3.63) is 91.8 Å². The topological polar surface area (TPSA) is 163 Å². The SMILES string of the molecule is CCCCCCC(Oc1ccc(C)cc1C)C(=O)NCC(C)c1nc2c(Oc3ccc(C(=O)OC)cc3)c(CC)[nH]n2n1.O=Cc1nc(Cl)nc(Cl)c1Cl. The number of methoxy groups -OCH3 is 1. The van der Waals surface area contributed by atoms with Crippen LogP contribution in [0.25, 0.3) is 5.65 Å². The predicted molar refractivity (Wildman–Crippen MR) is 208 cm³/mol. The molecule has 3 aromatic heterocycles. The number of halogens is 3. The first-order chi connectivity index (χ1) is 25.9. The molecule has 0 saturated heterocycles. The standard InChI is InChI=1S/C33H43N5O5.C5HCl3N2O/c1-7-9-10-11-12-28(43-27-18-13-21(3)19-22(27)4)32(39)34-20-23(5)30-35-31-29(26(8-2)36-38(31)37-30)42-25-16-14-24(15-17-25)33(40)41-6;6-3-2(1-11)9-5(8)10-4(3)7/h13-19,23,28,36H,7-12,20H2,1-6H3,(H,34,39);1H. The number of aromatic amines is 1. The van der Waals surface area contributed by atoms with E-state index in [9.17, 15) is 14.4 Å². The van der Waals surface area contributed by atoms with Crippen LogP contribution in [0.1, 0.15) is 102 Å². The highest BCUT2D eigenvalue weighted by atomic mass is 35.5. The van der Waals surface area contributed by atoms with Gasteiger partial charge in [-0.05, 0) is 80.6 Å². The van der Waals surface area contributed by atoms with Crippen LogP contribution in [0, 0.1) is 13.8 Å². The molecule has 0 aliphatic heterocycles. The number of ether oxygens (including phenoxy) is 3. The molecule has 0 fully saturated rings. The number of carbonyl (C=O) groups excluding carboxylic acids is 3. The summed E-state index contributed by atoms with van der Waals surface area (Å²) in [5.74, 6) is 1.73. The van der Waals surface area contributed by atoms with Gasteiger partial charge in [-0.25, -0.2) is 19.7 Å². The average molecular weight is 801 g/mol. The monoisotopic (exact) mass is 799 g/mol. The van der Waals surface area contributed by atoms with Crippen molar-refractivity contribution in [3.8, 4) is 17.2 Å². The summed E-state index contributed by atoms with van der Waals surface area (Å²) in [6, 6.07) is 12.7. The molecule has 13 nitrogen and oxygen atoms in total. The minimum Gasteiger partial charge on any atom is -0.480 e. The third-order valence-corrected chi connectivity index (χ3v) is 9.26. The first kappa shape index (κ1) is 42.0. The smallest absolute Gasteiger partial charge is 0.337 e. The summed E-state index contributed by atoms with van der Waals surface area (Å²) in [7, 11) is 1.35. The van der Waals surface area contributed by atoms with Crippen LogP contribution in [-0.4, -0.2) is 67.7 Å². The molecule has 5 rings (SSSR count). The summed E-state index contributed by atoms with van der Waals surface area (Å²) in [6.07, 6.45) is 5.48. The Morgan fingerprint density at radius 1 is 1.00 bits per heavy atom. The van der Waals surface area contributed by atoms with Crippen molar-refractivity contribution in [1.82, 2.24) is 35.1 Å².